The molecule has 84 valence electrons. The van der Waals surface area contributed by atoms with Crippen LogP contribution < -0.4 is 0 Å². The highest BCUT2D eigenvalue weighted by atomic mass is 32.1. The Morgan fingerprint density at radius 2 is 1.93 bits per heavy atom. The Labute approximate surface area is 97.9 Å². The third-order valence-corrected chi connectivity index (χ3v) is 3.28. The number of thiol groups is 1. The summed E-state index contributed by atoms with van der Waals surface area (Å²) in [5.74, 6) is 0.300. The number of phenols is 1. The van der Waals surface area contributed by atoms with E-state index in [0.717, 1.165) is 11.3 Å². The van der Waals surface area contributed by atoms with E-state index in [9.17, 15) is 5.11 Å². The van der Waals surface area contributed by atoms with Gasteiger partial charge in [-0.05, 0) is 37.0 Å². The fourth-order valence-corrected chi connectivity index (χ4v) is 2.13. The number of hydrogen-bond acceptors (Lipinski definition) is 2. The third kappa shape index (κ3) is 3.45. The van der Waals surface area contributed by atoms with E-state index < -0.39 is 0 Å². The monoisotopic (exact) mass is 224 g/mol. The van der Waals surface area contributed by atoms with Gasteiger partial charge in [-0.2, -0.15) is 0 Å². The van der Waals surface area contributed by atoms with Crippen molar-refractivity contribution in [3.8, 4) is 5.75 Å². The summed E-state index contributed by atoms with van der Waals surface area (Å²) in [5.41, 5.74) is 2.43. The standard InChI is InChI=1S/C13H20OS/c1-3-4-5-6-7-11-10(2)8-9-12(14)13(11)15/h8-9,14-15H,3-7H2,1-2H3. The van der Waals surface area contributed by atoms with Gasteiger partial charge in [-0.3, -0.25) is 0 Å². The van der Waals surface area contributed by atoms with Crippen LogP contribution in [0.1, 0.15) is 43.7 Å². The maximum Gasteiger partial charge on any atom is 0.129 e. The second-order valence-electron chi connectivity index (χ2n) is 4.04. The zero-order valence-corrected chi connectivity index (χ0v) is 10.5. The molecule has 0 fully saturated rings. The van der Waals surface area contributed by atoms with Crippen molar-refractivity contribution in [2.24, 2.45) is 0 Å². The van der Waals surface area contributed by atoms with Crippen molar-refractivity contribution in [3.63, 3.8) is 0 Å². The quantitative estimate of drug-likeness (QED) is 0.569. The number of aryl methyl sites for hydroxylation is 1. The molecule has 0 spiro atoms. The predicted molar refractivity (Wildman–Crippen MR) is 67.9 cm³/mol. The third-order valence-electron chi connectivity index (χ3n) is 2.78. The van der Waals surface area contributed by atoms with Gasteiger partial charge in [0.15, 0.2) is 0 Å². The smallest absolute Gasteiger partial charge is 0.129 e. The van der Waals surface area contributed by atoms with Crippen molar-refractivity contribution >= 4 is 12.6 Å². The molecule has 0 saturated carbocycles. The van der Waals surface area contributed by atoms with Gasteiger partial charge in [-0.1, -0.05) is 32.3 Å². The van der Waals surface area contributed by atoms with E-state index in [-0.39, 0.29) is 0 Å². The zero-order chi connectivity index (χ0) is 11.3. The molecule has 0 amide bonds. The molecule has 0 saturated heterocycles. The molecule has 0 aliphatic carbocycles. The van der Waals surface area contributed by atoms with Crippen LogP contribution in [-0.2, 0) is 6.42 Å². The van der Waals surface area contributed by atoms with E-state index in [0.29, 0.717) is 5.75 Å². The topological polar surface area (TPSA) is 20.2 Å². The van der Waals surface area contributed by atoms with Crippen LogP contribution in [0.5, 0.6) is 5.75 Å². The first-order valence-corrected chi connectivity index (χ1v) is 6.12. The van der Waals surface area contributed by atoms with E-state index in [4.69, 9.17) is 0 Å². The number of unbranched alkanes of at least 4 members (excludes halogenated alkanes) is 3. The van der Waals surface area contributed by atoms with Crippen LogP contribution in [0.25, 0.3) is 0 Å². The van der Waals surface area contributed by atoms with E-state index in [1.165, 1.54) is 36.8 Å². The van der Waals surface area contributed by atoms with Crippen molar-refractivity contribution in [1.82, 2.24) is 0 Å². The van der Waals surface area contributed by atoms with E-state index in [2.05, 4.69) is 26.5 Å². The second-order valence-corrected chi connectivity index (χ2v) is 4.49. The zero-order valence-electron chi connectivity index (χ0n) is 9.58. The highest BCUT2D eigenvalue weighted by Crippen LogP contribution is 2.29. The summed E-state index contributed by atoms with van der Waals surface area (Å²) >= 11 is 4.36. The molecule has 1 rings (SSSR count). The summed E-state index contributed by atoms with van der Waals surface area (Å²) in [6, 6.07) is 3.68. The average Bonchev–Trinajstić information content (AvgIpc) is 2.23. The van der Waals surface area contributed by atoms with Gasteiger partial charge in [-0.25, -0.2) is 0 Å². The Bertz CT molecular complexity index is 321. The molecule has 15 heavy (non-hydrogen) atoms. The molecule has 0 aliphatic heterocycles. The largest absolute Gasteiger partial charge is 0.507 e. The van der Waals surface area contributed by atoms with E-state index in [1.54, 1.807) is 6.07 Å². The molecule has 0 unspecified atom stereocenters. The van der Waals surface area contributed by atoms with Crippen molar-refractivity contribution in [3.05, 3.63) is 23.3 Å². The van der Waals surface area contributed by atoms with E-state index in [1.807, 2.05) is 6.07 Å². The van der Waals surface area contributed by atoms with Crippen LogP contribution in [-0.4, -0.2) is 5.11 Å². The molecule has 1 aromatic rings. The minimum atomic E-state index is 0.300. The number of benzene rings is 1. The molecule has 1 N–H and O–H groups in total. The van der Waals surface area contributed by atoms with E-state index >= 15 is 0 Å². The lowest BCUT2D eigenvalue weighted by atomic mass is 10.0. The van der Waals surface area contributed by atoms with Crippen molar-refractivity contribution in [1.29, 1.82) is 0 Å². The predicted octanol–water partition coefficient (Wildman–Crippen LogP) is 4.11. The highest BCUT2D eigenvalue weighted by molar-refractivity contribution is 7.80. The normalized spacial score (nSPS) is 10.6. The fraction of sp³-hybridized carbons (Fsp3) is 0.538. The summed E-state index contributed by atoms with van der Waals surface area (Å²) in [5, 5.41) is 9.55. The van der Waals surface area contributed by atoms with Gasteiger partial charge in [0.05, 0.1) is 0 Å². The number of phenolic OH excluding ortho intramolecular Hbond substituents is 1. The van der Waals surface area contributed by atoms with Gasteiger partial charge >= 0.3 is 0 Å². The molecular weight excluding hydrogens is 204 g/mol. The molecular formula is C13H20OS. The Morgan fingerprint density at radius 3 is 2.60 bits per heavy atom. The van der Waals surface area contributed by atoms with Crippen LogP contribution in [0.3, 0.4) is 0 Å². The fourth-order valence-electron chi connectivity index (χ4n) is 1.77. The molecule has 0 bridgehead atoms. The number of hydrogen-bond donors (Lipinski definition) is 2. The maximum atomic E-state index is 9.55. The van der Waals surface area contributed by atoms with Crippen LogP contribution in [0, 0.1) is 6.92 Å². The van der Waals surface area contributed by atoms with Gasteiger partial charge in [0.2, 0.25) is 0 Å². The summed E-state index contributed by atoms with van der Waals surface area (Å²) in [6.07, 6.45) is 6.02. The Morgan fingerprint density at radius 1 is 1.20 bits per heavy atom. The van der Waals surface area contributed by atoms with Crippen molar-refractivity contribution < 1.29 is 5.11 Å². The molecule has 1 nitrogen and oxygen atoms in total. The van der Waals surface area contributed by atoms with Crippen LogP contribution in [0.15, 0.2) is 17.0 Å². The maximum absolute atomic E-state index is 9.55. The molecule has 0 radical (unpaired) electrons. The molecule has 1 aromatic carbocycles. The Balaban J connectivity index is 2.63. The molecule has 0 aromatic heterocycles. The minimum Gasteiger partial charge on any atom is -0.507 e. The van der Waals surface area contributed by atoms with Gasteiger partial charge < -0.3 is 5.11 Å². The minimum absolute atomic E-state index is 0.300. The molecule has 0 atom stereocenters. The Kier molecular flexibility index (Phi) is 5.03. The first kappa shape index (κ1) is 12.4. The number of aromatic hydroxyl groups is 1. The first-order valence-electron chi connectivity index (χ1n) is 5.67. The van der Waals surface area contributed by atoms with Gasteiger partial charge in [0.1, 0.15) is 5.75 Å². The van der Waals surface area contributed by atoms with Crippen LogP contribution >= 0.6 is 12.6 Å². The van der Waals surface area contributed by atoms with Crippen LogP contribution in [0.2, 0.25) is 0 Å². The first-order chi connectivity index (χ1) is 7.16. The lowest BCUT2D eigenvalue weighted by Gasteiger charge is -2.10. The van der Waals surface area contributed by atoms with Gasteiger partial charge in [0.25, 0.3) is 0 Å². The van der Waals surface area contributed by atoms with Crippen molar-refractivity contribution in [2.75, 3.05) is 0 Å². The second kappa shape index (κ2) is 6.06. The lowest BCUT2D eigenvalue weighted by molar-refractivity contribution is 0.460. The summed E-state index contributed by atoms with van der Waals surface area (Å²) in [7, 11) is 0. The summed E-state index contributed by atoms with van der Waals surface area (Å²) < 4.78 is 0. The molecule has 0 heterocycles. The highest BCUT2D eigenvalue weighted by Gasteiger charge is 2.06. The van der Waals surface area contributed by atoms with Crippen LogP contribution in [0.4, 0.5) is 0 Å². The summed E-state index contributed by atoms with van der Waals surface area (Å²) in [4.78, 5) is 0.756. The average molecular weight is 224 g/mol. The van der Waals surface area contributed by atoms with Gasteiger partial charge in [-0.15, -0.1) is 12.6 Å². The summed E-state index contributed by atoms with van der Waals surface area (Å²) in [6.45, 7) is 4.29. The number of rotatable bonds is 5. The molecule has 2 heteroatoms. The van der Waals surface area contributed by atoms with Gasteiger partial charge in [0, 0.05) is 4.90 Å². The Hall–Kier alpha value is -0.630. The molecule has 0 aliphatic rings. The van der Waals surface area contributed by atoms with Crippen molar-refractivity contribution in [2.45, 2.75) is 50.8 Å². The SMILES string of the molecule is CCCCCCc1c(C)ccc(O)c1S. The lowest BCUT2D eigenvalue weighted by Crippen LogP contribution is -1.92.